The molecule has 0 atom stereocenters. The number of carbonyl (C=O) groups excluding carboxylic acids is 1. The van der Waals surface area contributed by atoms with Gasteiger partial charge in [0.05, 0.1) is 10.2 Å². The van der Waals surface area contributed by atoms with Gasteiger partial charge in [0.1, 0.15) is 0 Å². The minimum atomic E-state index is -0.0120. The molecule has 0 bridgehead atoms. The third-order valence-corrected chi connectivity index (χ3v) is 5.83. The maximum absolute atomic E-state index is 13.3. The fraction of sp³-hybridized carbons (Fsp3) is 0.333. The molecular formula is C21H24Cl2N3OS-. The van der Waals surface area contributed by atoms with Gasteiger partial charge >= 0.3 is 0 Å². The summed E-state index contributed by atoms with van der Waals surface area (Å²) in [4.78, 5) is 21.9. The number of thiazole rings is 1. The number of aryl methyl sites for hydroxylation is 2. The van der Waals surface area contributed by atoms with Crippen LogP contribution in [0.3, 0.4) is 0 Å². The van der Waals surface area contributed by atoms with Crippen LogP contribution in [0.25, 0.3) is 10.2 Å². The molecule has 0 unspecified atom stereocenters. The molecule has 2 aromatic carbocycles. The number of nitrogens with zero attached hydrogens (tertiary/aromatic N) is 3. The van der Waals surface area contributed by atoms with Gasteiger partial charge < -0.3 is 17.3 Å². The van der Waals surface area contributed by atoms with E-state index in [1.807, 2.05) is 57.4 Å². The molecule has 0 radical (unpaired) electrons. The summed E-state index contributed by atoms with van der Waals surface area (Å²) in [5, 5.41) is 1.39. The SMILES string of the molecule is Cc1ccc(C(=O)N(CCCN(C)C)c2nc3ccc(Cl)cc3s2)cc1C.[Cl-]. The fourth-order valence-electron chi connectivity index (χ4n) is 2.86. The zero-order chi connectivity index (χ0) is 19.6. The van der Waals surface area contributed by atoms with E-state index < -0.39 is 0 Å². The Labute approximate surface area is 181 Å². The summed E-state index contributed by atoms with van der Waals surface area (Å²) in [7, 11) is 4.07. The Morgan fingerprint density at radius 3 is 2.50 bits per heavy atom. The topological polar surface area (TPSA) is 36.4 Å². The Kier molecular flexibility index (Phi) is 7.84. The highest BCUT2D eigenvalue weighted by Crippen LogP contribution is 2.31. The Morgan fingerprint density at radius 1 is 1.07 bits per heavy atom. The highest BCUT2D eigenvalue weighted by atomic mass is 35.5. The van der Waals surface area contributed by atoms with Gasteiger partial charge in [-0.2, -0.15) is 0 Å². The number of hydrogen-bond donors (Lipinski definition) is 0. The summed E-state index contributed by atoms with van der Waals surface area (Å²) in [6.07, 6.45) is 0.875. The molecule has 3 aromatic rings. The van der Waals surface area contributed by atoms with E-state index in [0.29, 0.717) is 22.3 Å². The first-order chi connectivity index (χ1) is 12.8. The molecule has 1 aromatic heterocycles. The van der Waals surface area contributed by atoms with Crippen molar-refractivity contribution >= 4 is 44.2 Å². The Hall–Kier alpha value is -1.66. The molecule has 0 fully saturated rings. The van der Waals surface area contributed by atoms with Crippen molar-refractivity contribution in [2.75, 3.05) is 32.1 Å². The zero-order valence-electron chi connectivity index (χ0n) is 16.5. The van der Waals surface area contributed by atoms with E-state index >= 15 is 0 Å². The van der Waals surface area contributed by atoms with Crippen LogP contribution in [0.2, 0.25) is 5.02 Å². The number of anilines is 1. The smallest absolute Gasteiger partial charge is 0.260 e. The van der Waals surface area contributed by atoms with Crippen LogP contribution in [0.5, 0.6) is 0 Å². The summed E-state index contributed by atoms with van der Waals surface area (Å²) < 4.78 is 0.989. The Bertz CT molecular complexity index is 971. The number of rotatable bonds is 6. The van der Waals surface area contributed by atoms with Crippen molar-refractivity contribution in [3.05, 3.63) is 58.1 Å². The minimum absolute atomic E-state index is 0. The van der Waals surface area contributed by atoms with E-state index in [2.05, 4.69) is 16.8 Å². The second-order valence-corrected chi connectivity index (χ2v) is 8.47. The van der Waals surface area contributed by atoms with Crippen molar-refractivity contribution in [1.82, 2.24) is 9.88 Å². The lowest BCUT2D eigenvalue weighted by Gasteiger charge is -2.21. The maximum atomic E-state index is 13.3. The molecular weight excluding hydrogens is 413 g/mol. The van der Waals surface area contributed by atoms with Gasteiger partial charge in [0.25, 0.3) is 5.91 Å². The number of fused-ring (bicyclic) bond motifs is 1. The van der Waals surface area contributed by atoms with Crippen molar-refractivity contribution in [2.45, 2.75) is 20.3 Å². The average molecular weight is 437 g/mol. The summed E-state index contributed by atoms with van der Waals surface area (Å²) in [6, 6.07) is 11.5. The van der Waals surface area contributed by atoms with Crippen LogP contribution in [0.15, 0.2) is 36.4 Å². The van der Waals surface area contributed by atoms with Crippen LogP contribution in [0.4, 0.5) is 5.13 Å². The minimum Gasteiger partial charge on any atom is -1.00 e. The van der Waals surface area contributed by atoms with E-state index in [-0.39, 0.29) is 18.3 Å². The third kappa shape index (κ3) is 5.23. The lowest BCUT2D eigenvalue weighted by atomic mass is 10.1. The predicted molar refractivity (Wildman–Crippen MR) is 115 cm³/mol. The largest absolute Gasteiger partial charge is 1.00 e. The van der Waals surface area contributed by atoms with Crippen molar-refractivity contribution in [1.29, 1.82) is 0 Å². The second kappa shape index (κ2) is 9.70. The van der Waals surface area contributed by atoms with Crippen molar-refractivity contribution in [2.24, 2.45) is 0 Å². The molecule has 7 heteroatoms. The van der Waals surface area contributed by atoms with Gasteiger partial charge in [-0.3, -0.25) is 9.69 Å². The molecule has 0 saturated heterocycles. The molecule has 0 aliphatic rings. The van der Waals surface area contributed by atoms with E-state index in [1.165, 1.54) is 16.9 Å². The number of carbonyl (C=O) groups is 1. The standard InChI is InChI=1S/C21H24ClN3OS.ClH/c1-14-6-7-16(12-15(14)2)20(26)25(11-5-10-24(3)4)21-23-18-9-8-17(22)13-19(18)27-21;/h6-9,12-13H,5,10-11H2,1-4H3;1H/p-1. The highest BCUT2D eigenvalue weighted by Gasteiger charge is 2.21. The molecule has 3 rings (SSSR count). The summed E-state index contributed by atoms with van der Waals surface area (Å²) >= 11 is 7.61. The summed E-state index contributed by atoms with van der Waals surface area (Å²) in [5.74, 6) is -0.0120. The van der Waals surface area contributed by atoms with Crippen LogP contribution in [-0.4, -0.2) is 43.0 Å². The summed E-state index contributed by atoms with van der Waals surface area (Å²) in [6.45, 7) is 5.61. The number of benzene rings is 2. The molecule has 1 heterocycles. The fourth-order valence-corrected chi connectivity index (χ4v) is 4.13. The van der Waals surface area contributed by atoms with Crippen molar-refractivity contribution < 1.29 is 17.2 Å². The Balaban J connectivity index is 0.00000280. The van der Waals surface area contributed by atoms with Crippen LogP contribution in [0, 0.1) is 13.8 Å². The Morgan fingerprint density at radius 2 is 1.82 bits per heavy atom. The molecule has 0 spiro atoms. The molecule has 28 heavy (non-hydrogen) atoms. The number of hydrogen-bond acceptors (Lipinski definition) is 4. The summed E-state index contributed by atoms with van der Waals surface area (Å²) in [5.41, 5.74) is 3.86. The molecule has 0 saturated carbocycles. The van der Waals surface area contributed by atoms with Gasteiger partial charge in [0, 0.05) is 17.1 Å². The maximum Gasteiger partial charge on any atom is 0.260 e. The van der Waals surface area contributed by atoms with Crippen LogP contribution in [-0.2, 0) is 0 Å². The van der Waals surface area contributed by atoms with Gasteiger partial charge in [-0.1, -0.05) is 29.0 Å². The van der Waals surface area contributed by atoms with Crippen molar-refractivity contribution in [3.8, 4) is 0 Å². The number of halogens is 2. The van der Waals surface area contributed by atoms with Gasteiger partial charge in [0.2, 0.25) is 0 Å². The average Bonchev–Trinajstić information content (AvgIpc) is 3.03. The quantitative estimate of drug-likeness (QED) is 0.593. The molecule has 150 valence electrons. The molecule has 0 aliphatic heterocycles. The molecule has 0 aliphatic carbocycles. The van der Waals surface area contributed by atoms with E-state index in [9.17, 15) is 4.79 Å². The first-order valence-corrected chi connectivity index (χ1v) is 10.1. The van der Waals surface area contributed by atoms with Crippen LogP contribution < -0.4 is 17.3 Å². The zero-order valence-corrected chi connectivity index (χ0v) is 18.8. The van der Waals surface area contributed by atoms with Gasteiger partial charge in [-0.05, 0) is 82.4 Å². The first kappa shape index (κ1) is 22.6. The van der Waals surface area contributed by atoms with Gasteiger partial charge in [0.15, 0.2) is 5.13 Å². The lowest BCUT2D eigenvalue weighted by molar-refractivity contribution is -0.0000132. The second-order valence-electron chi connectivity index (χ2n) is 7.02. The van der Waals surface area contributed by atoms with E-state index in [0.717, 1.165) is 28.7 Å². The van der Waals surface area contributed by atoms with E-state index in [4.69, 9.17) is 11.6 Å². The van der Waals surface area contributed by atoms with Crippen molar-refractivity contribution in [3.63, 3.8) is 0 Å². The molecule has 0 N–H and O–H groups in total. The first-order valence-electron chi connectivity index (χ1n) is 8.95. The third-order valence-electron chi connectivity index (χ3n) is 4.56. The lowest BCUT2D eigenvalue weighted by Crippen LogP contribution is -3.00. The predicted octanol–water partition coefficient (Wildman–Crippen LogP) is 2.17. The number of amides is 1. The van der Waals surface area contributed by atoms with Gasteiger partial charge in [-0.25, -0.2) is 4.98 Å². The normalized spacial score (nSPS) is 10.9. The van der Waals surface area contributed by atoms with Crippen LogP contribution in [0.1, 0.15) is 27.9 Å². The molecule has 4 nitrogen and oxygen atoms in total. The molecule has 1 amide bonds. The van der Waals surface area contributed by atoms with Gasteiger partial charge in [-0.15, -0.1) is 0 Å². The van der Waals surface area contributed by atoms with E-state index in [1.54, 1.807) is 4.90 Å². The number of aromatic nitrogens is 1. The monoisotopic (exact) mass is 436 g/mol. The van der Waals surface area contributed by atoms with Crippen LogP contribution >= 0.6 is 22.9 Å². The highest BCUT2D eigenvalue weighted by molar-refractivity contribution is 7.22.